The molecule has 2 unspecified atom stereocenters. The summed E-state index contributed by atoms with van der Waals surface area (Å²) in [6.45, 7) is 3.11. The van der Waals surface area contributed by atoms with E-state index in [1.54, 1.807) is 0 Å². The fourth-order valence-corrected chi connectivity index (χ4v) is 2.74. The van der Waals surface area contributed by atoms with Gasteiger partial charge in [0.1, 0.15) is 0 Å². The van der Waals surface area contributed by atoms with Crippen molar-refractivity contribution in [3.05, 3.63) is 0 Å². The van der Waals surface area contributed by atoms with Crippen LogP contribution in [0.3, 0.4) is 0 Å². The van der Waals surface area contributed by atoms with E-state index in [1.165, 1.54) is 6.42 Å². The molecule has 0 saturated heterocycles. The Morgan fingerprint density at radius 1 is 1.28 bits per heavy atom. The number of amides is 2. The van der Waals surface area contributed by atoms with Crippen LogP contribution in [0.25, 0.3) is 0 Å². The summed E-state index contributed by atoms with van der Waals surface area (Å²) >= 11 is 0. The van der Waals surface area contributed by atoms with E-state index in [1.807, 2.05) is 0 Å². The number of carbonyl (C=O) groups is 2. The van der Waals surface area contributed by atoms with Gasteiger partial charge in [0.25, 0.3) is 0 Å². The van der Waals surface area contributed by atoms with E-state index < -0.39 is 11.4 Å². The summed E-state index contributed by atoms with van der Waals surface area (Å²) in [6, 6.07) is -0.235. The van der Waals surface area contributed by atoms with Gasteiger partial charge in [-0.05, 0) is 31.1 Å². The quantitative estimate of drug-likeness (QED) is 0.697. The standard InChI is InChI=1S/C13H22N2O3/c1-9-6-10(9)7-14-12(18)15-8-13(11(16)17)4-2-3-5-13/h9-10H,2-8H2,1H3,(H,16,17)(H2,14,15,18). The second-order valence-corrected chi connectivity index (χ2v) is 5.83. The monoisotopic (exact) mass is 254 g/mol. The van der Waals surface area contributed by atoms with Gasteiger partial charge in [-0.25, -0.2) is 4.79 Å². The summed E-state index contributed by atoms with van der Waals surface area (Å²) < 4.78 is 0. The van der Waals surface area contributed by atoms with Crippen LogP contribution in [0.5, 0.6) is 0 Å². The largest absolute Gasteiger partial charge is 0.481 e. The first-order chi connectivity index (χ1) is 8.53. The van der Waals surface area contributed by atoms with E-state index in [2.05, 4.69) is 17.6 Å². The van der Waals surface area contributed by atoms with Crippen LogP contribution in [0.2, 0.25) is 0 Å². The molecule has 18 heavy (non-hydrogen) atoms. The van der Waals surface area contributed by atoms with Crippen molar-refractivity contribution >= 4 is 12.0 Å². The van der Waals surface area contributed by atoms with Crippen LogP contribution in [0.4, 0.5) is 4.79 Å². The molecule has 0 radical (unpaired) electrons. The molecule has 2 aliphatic carbocycles. The van der Waals surface area contributed by atoms with Gasteiger partial charge >= 0.3 is 12.0 Å². The Hall–Kier alpha value is -1.26. The molecule has 2 fully saturated rings. The maximum Gasteiger partial charge on any atom is 0.314 e. The molecule has 0 spiro atoms. The Morgan fingerprint density at radius 3 is 2.39 bits per heavy atom. The van der Waals surface area contributed by atoms with E-state index >= 15 is 0 Å². The van der Waals surface area contributed by atoms with Gasteiger partial charge in [0.2, 0.25) is 0 Å². The molecule has 0 aromatic heterocycles. The molecule has 2 aliphatic rings. The summed E-state index contributed by atoms with van der Waals surface area (Å²) in [7, 11) is 0. The highest BCUT2D eigenvalue weighted by Crippen LogP contribution is 2.38. The molecule has 2 atom stereocenters. The number of hydrogen-bond acceptors (Lipinski definition) is 2. The van der Waals surface area contributed by atoms with Gasteiger partial charge in [-0.1, -0.05) is 19.8 Å². The Kier molecular flexibility index (Phi) is 3.78. The zero-order valence-electron chi connectivity index (χ0n) is 10.9. The van der Waals surface area contributed by atoms with Crippen molar-refractivity contribution < 1.29 is 14.7 Å². The first-order valence-corrected chi connectivity index (χ1v) is 6.79. The number of rotatable bonds is 5. The number of hydrogen-bond donors (Lipinski definition) is 3. The lowest BCUT2D eigenvalue weighted by Crippen LogP contribution is -2.45. The maximum absolute atomic E-state index is 11.6. The van der Waals surface area contributed by atoms with E-state index in [9.17, 15) is 14.7 Å². The van der Waals surface area contributed by atoms with Crippen LogP contribution in [0, 0.1) is 17.3 Å². The van der Waals surface area contributed by atoms with Crippen LogP contribution in [-0.2, 0) is 4.79 Å². The maximum atomic E-state index is 11.6. The lowest BCUT2D eigenvalue weighted by molar-refractivity contribution is -0.148. The molecule has 5 nitrogen and oxygen atoms in total. The second-order valence-electron chi connectivity index (χ2n) is 5.83. The van der Waals surface area contributed by atoms with Crippen molar-refractivity contribution in [2.75, 3.05) is 13.1 Å². The molecular formula is C13H22N2O3. The van der Waals surface area contributed by atoms with Crippen LogP contribution >= 0.6 is 0 Å². The summed E-state index contributed by atoms with van der Waals surface area (Å²) in [5.41, 5.74) is -0.732. The lowest BCUT2D eigenvalue weighted by Gasteiger charge is -2.24. The number of aliphatic carboxylic acids is 1. The van der Waals surface area contributed by atoms with Gasteiger partial charge in [-0.15, -0.1) is 0 Å². The Bertz CT molecular complexity index is 337. The number of carboxylic acids is 1. The van der Waals surface area contributed by atoms with Crippen LogP contribution in [-0.4, -0.2) is 30.2 Å². The highest BCUT2D eigenvalue weighted by Gasteiger charge is 2.41. The van der Waals surface area contributed by atoms with Gasteiger partial charge < -0.3 is 15.7 Å². The van der Waals surface area contributed by atoms with E-state index in [0.717, 1.165) is 12.8 Å². The molecule has 0 bridgehead atoms. The first-order valence-electron chi connectivity index (χ1n) is 6.79. The predicted octanol–water partition coefficient (Wildman–Crippen LogP) is 1.59. The zero-order valence-corrected chi connectivity index (χ0v) is 10.9. The average molecular weight is 254 g/mol. The van der Waals surface area contributed by atoms with Crippen molar-refractivity contribution in [1.29, 1.82) is 0 Å². The summed E-state index contributed by atoms with van der Waals surface area (Å²) in [4.78, 5) is 22.9. The highest BCUT2D eigenvalue weighted by molar-refractivity contribution is 5.78. The van der Waals surface area contributed by atoms with E-state index in [-0.39, 0.29) is 12.6 Å². The lowest BCUT2D eigenvalue weighted by atomic mass is 9.86. The summed E-state index contributed by atoms with van der Waals surface area (Å²) in [5.74, 6) is 0.539. The Labute approximate surface area is 107 Å². The number of urea groups is 1. The van der Waals surface area contributed by atoms with Gasteiger partial charge in [0, 0.05) is 13.1 Å². The molecule has 2 rings (SSSR count). The molecular weight excluding hydrogens is 232 g/mol. The topological polar surface area (TPSA) is 78.4 Å². The Balaban J connectivity index is 1.72. The number of carbonyl (C=O) groups excluding carboxylic acids is 1. The predicted molar refractivity (Wildman–Crippen MR) is 67.2 cm³/mol. The van der Waals surface area contributed by atoms with Crippen LogP contribution in [0.1, 0.15) is 39.0 Å². The molecule has 3 N–H and O–H groups in total. The van der Waals surface area contributed by atoms with Crippen molar-refractivity contribution in [2.24, 2.45) is 17.3 Å². The molecule has 102 valence electrons. The van der Waals surface area contributed by atoms with Crippen molar-refractivity contribution in [3.63, 3.8) is 0 Å². The Morgan fingerprint density at radius 2 is 1.89 bits per heavy atom. The third-order valence-electron chi connectivity index (χ3n) is 4.40. The number of nitrogens with one attached hydrogen (secondary N) is 2. The third kappa shape index (κ3) is 2.94. The zero-order chi connectivity index (χ0) is 13.2. The first kappa shape index (κ1) is 13.2. The smallest absolute Gasteiger partial charge is 0.314 e. The highest BCUT2D eigenvalue weighted by atomic mass is 16.4. The summed E-state index contributed by atoms with van der Waals surface area (Å²) in [5, 5.41) is 14.8. The molecule has 0 aliphatic heterocycles. The van der Waals surface area contributed by atoms with Crippen molar-refractivity contribution in [1.82, 2.24) is 10.6 Å². The molecule has 0 aromatic carbocycles. The number of carboxylic acid groups (broad SMARTS) is 1. The average Bonchev–Trinajstić information content (AvgIpc) is 2.84. The minimum absolute atomic E-state index is 0.235. The minimum atomic E-state index is -0.781. The molecule has 2 amide bonds. The van der Waals surface area contributed by atoms with Gasteiger partial charge in [0.15, 0.2) is 0 Å². The molecule has 0 heterocycles. The van der Waals surface area contributed by atoms with Crippen molar-refractivity contribution in [2.45, 2.75) is 39.0 Å². The summed E-state index contributed by atoms with van der Waals surface area (Å²) in [6.07, 6.45) is 4.40. The van der Waals surface area contributed by atoms with Crippen molar-refractivity contribution in [3.8, 4) is 0 Å². The fraction of sp³-hybridized carbons (Fsp3) is 0.846. The van der Waals surface area contributed by atoms with E-state index in [4.69, 9.17) is 0 Å². The second kappa shape index (κ2) is 5.16. The minimum Gasteiger partial charge on any atom is -0.481 e. The van der Waals surface area contributed by atoms with Gasteiger partial charge in [-0.2, -0.15) is 0 Å². The molecule has 5 heteroatoms. The third-order valence-corrected chi connectivity index (χ3v) is 4.40. The van der Waals surface area contributed by atoms with E-state index in [0.29, 0.717) is 31.2 Å². The SMILES string of the molecule is CC1CC1CNC(=O)NCC1(C(=O)O)CCCC1. The fourth-order valence-electron chi connectivity index (χ4n) is 2.74. The van der Waals surface area contributed by atoms with Crippen LogP contribution in [0.15, 0.2) is 0 Å². The van der Waals surface area contributed by atoms with Crippen LogP contribution < -0.4 is 10.6 Å². The van der Waals surface area contributed by atoms with Gasteiger partial charge in [-0.3, -0.25) is 4.79 Å². The molecule has 0 aromatic rings. The molecule has 2 saturated carbocycles. The van der Waals surface area contributed by atoms with Gasteiger partial charge in [0.05, 0.1) is 5.41 Å². The normalized spacial score (nSPS) is 28.7.